The van der Waals surface area contributed by atoms with Gasteiger partial charge in [0.15, 0.2) is 5.13 Å². The maximum absolute atomic E-state index is 10.8. The molecule has 1 aromatic rings. The molecular weight excluding hydrogens is 260 g/mol. The van der Waals surface area contributed by atoms with E-state index < -0.39 is 0 Å². The molecule has 0 fully saturated rings. The van der Waals surface area contributed by atoms with Crippen LogP contribution in [0.5, 0.6) is 0 Å². The lowest BCUT2D eigenvalue weighted by atomic mass is 9.97. The summed E-state index contributed by atoms with van der Waals surface area (Å²) in [6.45, 7) is 2.79. The van der Waals surface area contributed by atoms with Gasteiger partial charge in [-0.05, 0) is 19.3 Å². The number of nitrogens with two attached hydrogens (primary N) is 1. The van der Waals surface area contributed by atoms with Crippen molar-refractivity contribution in [1.29, 1.82) is 0 Å². The predicted molar refractivity (Wildman–Crippen MR) is 72.4 cm³/mol. The molecule has 0 saturated heterocycles. The second kappa shape index (κ2) is 6.16. The van der Waals surface area contributed by atoms with Crippen LogP contribution in [-0.2, 0) is 12.8 Å². The van der Waals surface area contributed by atoms with Gasteiger partial charge in [0.1, 0.15) is 0 Å². The van der Waals surface area contributed by atoms with E-state index in [1.54, 1.807) is 5.01 Å². The number of anilines is 1. The zero-order valence-corrected chi connectivity index (χ0v) is 11.4. The lowest BCUT2D eigenvalue weighted by molar-refractivity contribution is 0.185. The number of hydrogen-bond donors (Lipinski definition) is 1. The second-order valence-electron chi connectivity index (χ2n) is 4.06. The molecule has 1 heterocycles. The van der Waals surface area contributed by atoms with E-state index in [0.717, 1.165) is 37.9 Å². The number of fused-ring (bicyclic) bond motifs is 1. The summed E-state index contributed by atoms with van der Waals surface area (Å²) in [5.41, 5.74) is 6.79. The van der Waals surface area contributed by atoms with E-state index in [4.69, 9.17) is 5.73 Å². The molecule has 0 bridgehead atoms. The SMILES string of the molecule is CCCN(N=O)[C@H]1CCc2nc(N)sc2C1.Cl. The van der Waals surface area contributed by atoms with Crippen molar-refractivity contribution >= 4 is 28.9 Å². The first-order valence-electron chi connectivity index (χ1n) is 5.58. The Bertz CT molecular complexity index is 384. The van der Waals surface area contributed by atoms with Crippen molar-refractivity contribution in [3.8, 4) is 0 Å². The zero-order chi connectivity index (χ0) is 11.5. The standard InChI is InChI=1S/C10H16N4OS.ClH/c1-2-5-14(13-15)7-3-4-8-9(6-7)16-10(11)12-8;/h7H,2-6H2,1H3,(H2,11,12);1H/t7-;/m0./s1. The molecule has 96 valence electrons. The minimum Gasteiger partial charge on any atom is -0.375 e. The minimum absolute atomic E-state index is 0. The van der Waals surface area contributed by atoms with Crippen LogP contribution < -0.4 is 5.73 Å². The Morgan fingerprint density at radius 1 is 1.65 bits per heavy atom. The van der Waals surface area contributed by atoms with Crippen LogP contribution in [0.1, 0.15) is 30.3 Å². The molecule has 0 radical (unpaired) electrons. The Morgan fingerprint density at radius 2 is 2.41 bits per heavy atom. The Morgan fingerprint density at radius 3 is 3.06 bits per heavy atom. The summed E-state index contributed by atoms with van der Waals surface area (Å²) in [6.07, 6.45) is 3.65. The van der Waals surface area contributed by atoms with Gasteiger partial charge in [0, 0.05) is 17.8 Å². The summed E-state index contributed by atoms with van der Waals surface area (Å²) < 4.78 is 0. The monoisotopic (exact) mass is 276 g/mol. The van der Waals surface area contributed by atoms with E-state index in [9.17, 15) is 4.91 Å². The first kappa shape index (κ1) is 14.2. The van der Waals surface area contributed by atoms with Gasteiger partial charge in [-0.3, -0.25) is 5.01 Å². The summed E-state index contributed by atoms with van der Waals surface area (Å²) in [4.78, 5) is 16.3. The molecule has 2 rings (SSSR count). The van der Waals surface area contributed by atoms with Crippen molar-refractivity contribution in [2.45, 2.75) is 38.6 Å². The molecule has 5 nitrogen and oxygen atoms in total. The summed E-state index contributed by atoms with van der Waals surface area (Å²) in [7, 11) is 0. The van der Waals surface area contributed by atoms with Crippen LogP contribution in [0.3, 0.4) is 0 Å². The van der Waals surface area contributed by atoms with Crippen molar-refractivity contribution in [3.05, 3.63) is 15.5 Å². The fourth-order valence-corrected chi connectivity index (χ4v) is 3.10. The van der Waals surface area contributed by atoms with Crippen molar-refractivity contribution in [1.82, 2.24) is 9.99 Å². The van der Waals surface area contributed by atoms with E-state index in [2.05, 4.69) is 17.2 Å². The van der Waals surface area contributed by atoms with Crippen LogP contribution in [0, 0.1) is 4.91 Å². The highest BCUT2D eigenvalue weighted by molar-refractivity contribution is 7.15. The van der Waals surface area contributed by atoms with Crippen molar-refractivity contribution in [2.75, 3.05) is 12.3 Å². The van der Waals surface area contributed by atoms with Gasteiger partial charge in [0.2, 0.25) is 0 Å². The number of nitroso groups, excluding NO2 is 1. The molecule has 1 atom stereocenters. The van der Waals surface area contributed by atoms with Crippen LogP contribution in [0.25, 0.3) is 0 Å². The van der Waals surface area contributed by atoms with Crippen LogP contribution in [0.2, 0.25) is 0 Å². The summed E-state index contributed by atoms with van der Waals surface area (Å²) in [6, 6.07) is 0.227. The molecule has 0 unspecified atom stereocenters. The van der Waals surface area contributed by atoms with Crippen molar-refractivity contribution in [2.24, 2.45) is 5.29 Å². The molecule has 0 aromatic carbocycles. The molecule has 1 aromatic heterocycles. The van der Waals surface area contributed by atoms with Crippen LogP contribution in [0.15, 0.2) is 5.29 Å². The number of aromatic nitrogens is 1. The Hall–Kier alpha value is -0.880. The number of aryl methyl sites for hydroxylation is 1. The maximum atomic E-state index is 10.8. The van der Waals surface area contributed by atoms with E-state index >= 15 is 0 Å². The Balaban J connectivity index is 0.00000144. The normalized spacial score (nSPS) is 18.1. The van der Waals surface area contributed by atoms with Crippen LogP contribution >= 0.6 is 23.7 Å². The molecule has 0 spiro atoms. The van der Waals surface area contributed by atoms with Gasteiger partial charge < -0.3 is 5.73 Å². The molecule has 0 aliphatic heterocycles. The first-order valence-corrected chi connectivity index (χ1v) is 6.40. The molecule has 17 heavy (non-hydrogen) atoms. The third kappa shape index (κ3) is 3.07. The first-order chi connectivity index (χ1) is 7.74. The molecule has 0 saturated carbocycles. The second-order valence-corrected chi connectivity index (χ2v) is 5.18. The third-order valence-electron chi connectivity index (χ3n) is 2.91. The van der Waals surface area contributed by atoms with E-state index in [-0.39, 0.29) is 18.4 Å². The number of rotatable bonds is 4. The molecule has 2 N–H and O–H groups in total. The molecule has 1 aliphatic rings. The van der Waals surface area contributed by atoms with E-state index in [1.807, 2.05) is 0 Å². The average molecular weight is 277 g/mol. The highest BCUT2D eigenvalue weighted by Gasteiger charge is 2.26. The summed E-state index contributed by atoms with van der Waals surface area (Å²) in [5, 5.41) is 5.41. The van der Waals surface area contributed by atoms with Gasteiger partial charge in [-0.2, -0.15) is 0 Å². The van der Waals surface area contributed by atoms with Crippen LogP contribution in [-0.4, -0.2) is 22.6 Å². The quantitative estimate of drug-likeness (QED) is 0.677. The third-order valence-corrected chi connectivity index (χ3v) is 3.86. The van der Waals surface area contributed by atoms with E-state index in [0.29, 0.717) is 5.13 Å². The number of nitrogen functional groups attached to an aromatic ring is 1. The summed E-state index contributed by atoms with van der Waals surface area (Å²) in [5.74, 6) is 0. The highest BCUT2D eigenvalue weighted by Crippen LogP contribution is 2.30. The number of hydrogen-bond acceptors (Lipinski definition) is 5. The lowest BCUT2D eigenvalue weighted by Gasteiger charge is -2.28. The van der Waals surface area contributed by atoms with Gasteiger partial charge in [-0.15, -0.1) is 28.7 Å². The largest absolute Gasteiger partial charge is 0.375 e. The van der Waals surface area contributed by atoms with Gasteiger partial charge in [-0.1, -0.05) is 6.92 Å². The minimum atomic E-state index is 0. The molecule has 1 aliphatic carbocycles. The number of nitrogens with zero attached hydrogens (tertiary/aromatic N) is 3. The number of thiazole rings is 1. The maximum Gasteiger partial charge on any atom is 0.180 e. The van der Waals surface area contributed by atoms with Gasteiger partial charge >= 0.3 is 0 Å². The van der Waals surface area contributed by atoms with Crippen LogP contribution in [0.4, 0.5) is 5.13 Å². The molecule has 0 amide bonds. The smallest absolute Gasteiger partial charge is 0.180 e. The van der Waals surface area contributed by atoms with Gasteiger partial charge in [0.25, 0.3) is 0 Å². The predicted octanol–water partition coefficient (Wildman–Crippen LogP) is 2.40. The zero-order valence-electron chi connectivity index (χ0n) is 9.76. The molecule has 7 heteroatoms. The lowest BCUT2D eigenvalue weighted by Crippen LogP contribution is -2.35. The Kier molecular flexibility index (Phi) is 5.14. The fourth-order valence-electron chi connectivity index (χ4n) is 2.15. The van der Waals surface area contributed by atoms with Crippen molar-refractivity contribution in [3.63, 3.8) is 0 Å². The average Bonchev–Trinajstić information content (AvgIpc) is 2.64. The van der Waals surface area contributed by atoms with E-state index in [1.165, 1.54) is 16.2 Å². The fraction of sp³-hybridized carbons (Fsp3) is 0.700. The number of halogens is 1. The van der Waals surface area contributed by atoms with Crippen molar-refractivity contribution < 1.29 is 0 Å². The highest BCUT2D eigenvalue weighted by atomic mass is 35.5. The molecular formula is C10H17ClN4OS. The van der Waals surface area contributed by atoms with Gasteiger partial charge in [0.05, 0.1) is 17.0 Å². The topological polar surface area (TPSA) is 71.6 Å². The van der Waals surface area contributed by atoms with Gasteiger partial charge in [-0.25, -0.2) is 4.98 Å². The summed E-state index contributed by atoms with van der Waals surface area (Å²) >= 11 is 1.54. The Labute approximate surface area is 111 Å².